The number of amides is 1. The van der Waals surface area contributed by atoms with Gasteiger partial charge in [0.05, 0.1) is 13.2 Å². The fourth-order valence-corrected chi connectivity index (χ4v) is 2.60. The zero-order chi connectivity index (χ0) is 15.9. The van der Waals surface area contributed by atoms with Gasteiger partial charge in [-0.3, -0.25) is 14.6 Å². The summed E-state index contributed by atoms with van der Waals surface area (Å²) in [6, 6.07) is 6.82. The molecule has 1 amide bonds. The number of rotatable bonds is 6. The normalized spacial score (nSPS) is 16.3. The van der Waals surface area contributed by atoms with Gasteiger partial charge in [0.25, 0.3) is 0 Å². The summed E-state index contributed by atoms with van der Waals surface area (Å²) in [6.45, 7) is 4.31. The fraction of sp³-hybridized carbons (Fsp3) is 0.562. The van der Waals surface area contributed by atoms with Crippen molar-refractivity contribution in [1.82, 2.24) is 14.7 Å². The lowest BCUT2D eigenvalue weighted by atomic mass is 10.2. The Hall–Kier alpha value is -1.50. The molecule has 0 atom stereocenters. The van der Waals surface area contributed by atoms with E-state index in [1.54, 1.807) is 12.1 Å². The number of hydrogen-bond acceptors (Lipinski definition) is 4. The third-order valence-corrected chi connectivity index (χ3v) is 3.96. The zero-order valence-electron chi connectivity index (χ0n) is 13.0. The van der Waals surface area contributed by atoms with Gasteiger partial charge in [0.15, 0.2) is 0 Å². The van der Waals surface area contributed by atoms with Crippen LogP contribution in [0.4, 0.5) is 4.39 Å². The molecule has 0 unspecified atom stereocenters. The molecule has 0 aliphatic carbocycles. The van der Waals surface area contributed by atoms with Gasteiger partial charge < -0.3 is 10.0 Å². The molecule has 1 aliphatic heterocycles. The van der Waals surface area contributed by atoms with Crippen LogP contribution in [0.15, 0.2) is 24.3 Å². The van der Waals surface area contributed by atoms with Gasteiger partial charge in [-0.2, -0.15) is 0 Å². The molecule has 0 bridgehead atoms. The second kappa shape index (κ2) is 8.22. The van der Waals surface area contributed by atoms with Crippen LogP contribution in [-0.4, -0.2) is 78.6 Å². The second-order valence-electron chi connectivity index (χ2n) is 5.71. The van der Waals surface area contributed by atoms with E-state index in [1.165, 1.54) is 6.07 Å². The summed E-state index contributed by atoms with van der Waals surface area (Å²) < 4.78 is 13.6. The maximum Gasteiger partial charge on any atom is 0.236 e. The molecule has 5 nitrogen and oxygen atoms in total. The topological polar surface area (TPSA) is 47.0 Å². The van der Waals surface area contributed by atoms with Crippen LogP contribution in [0.25, 0.3) is 0 Å². The first-order valence-electron chi connectivity index (χ1n) is 7.63. The first-order valence-corrected chi connectivity index (χ1v) is 7.63. The number of carbonyl (C=O) groups is 1. The molecule has 1 heterocycles. The number of likely N-dealkylation sites (N-methyl/N-ethyl adjacent to an activating group) is 1. The summed E-state index contributed by atoms with van der Waals surface area (Å²) in [5, 5.41) is 8.85. The molecule has 1 N–H and O–H groups in total. The van der Waals surface area contributed by atoms with E-state index in [-0.39, 0.29) is 18.3 Å². The van der Waals surface area contributed by atoms with Gasteiger partial charge >= 0.3 is 0 Å². The van der Waals surface area contributed by atoms with Crippen molar-refractivity contribution in [3.63, 3.8) is 0 Å². The van der Waals surface area contributed by atoms with Gasteiger partial charge in [0.2, 0.25) is 5.91 Å². The van der Waals surface area contributed by atoms with Gasteiger partial charge in [-0.1, -0.05) is 18.2 Å². The maximum atomic E-state index is 13.6. The summed E-state index contributed by atoms with van der Waals surface area (Å²) in [4.78, 5) is 17.9. The van der Waals surface area contributed by atoms with Gasteiger partial charge in [-0.05, 0) is 13.1 Å². The lowest BCUT2D eigenvalue weighted by Crippen LogP contribution is -2.50. The Morgan fingerprint density at radius 1 is 1.27 bits per heavy atom. The predicted octanol–water partition coefficient (Wildman–Crippen LogP) is 0.394. The Bertz CT molecular complexity index is 490. The molecule has 2 rings (SSSR count). The molecular weight excluding hydrogens is 285 g/mol. The average molecular weight is 309 g/mol. The zero-order valence-corrected chi connectivity index (χ0v) is 13.0. The first-order chi connectivity index (χ1) is 10.6. The third-order valence-electron chi connectivity index (χ3n) is 3.96. The number of benzene rings is 1. The molecule has 1 aliphatic rings. The quantitative estimate of drug-likeness (QED) is 0.826. The van der Waals surface area contributed by atoms with Crippen LogP contribution in [0.2, 0.25) is 0 Å². The largest absolute Gasteiger partial charge is 0.395 e. The van der Waals surface area contributed by atoms with Gasteiger partial charge in [0.1, 0.15) is 5.82 Å². The van der Waals surface area contributed by atoms with Crippen LogP contribution < -0.4 is 0 Å². The number of hydrogen-bond donors (Lipinski definition) is 1. The second-order valence-corrected chi connectivity index (χ2v) is 5.71. The summed E-state index contributed by atoms with van der Waals surface area (Å²) in [7, 11) is 1.82. The van der Waals surface area contributed by atoms with Crippen molar-refractivity contribution >= 4 is 5.91 Å². The Labute approximate surface area is 130 Å². The van der Waals surface area contributed by atoms with E-state index < -0.39 is 0 Å². The van der Waals surface area contributed by atoms with Crippen molar-refractivity contribution in [2.75, 3.05) is 52.9 Å². The number of piperazine rings is 1. The van der Waals surface area contributed by atoms with Crippen molar-refractivity contribution < 1.29 is 14.3 Å². The van der Waals surface area contributed by atoms with Crippen LogP contribution in [0.5, 0.6) is 0 Å². The SMILES string of the molecule is CN(CCO)CC(=O)N1CCN(Cc2ccccc2F)CC1. The Balaban J connectivity index is 1.78. The molecular formula is C16H24FN3O2. The highest BCUT2D eigenvalue weighted by atomic mass is 19.1. The van der Waals surface area contributed by atoms with E-state index in [0.717, 1.165) is 13.1 Å². The van der Waals surface area contributed by atoms with Crippen LogP contribution in [0.1, 0.15) is 5.56 Å². The summed E-state index contributed by atoms with van der Waals surface area (Å²) in [5.74, 6) is -0.0897. The lowest BCUT2D eigenvalue weighted by Gasteiger charge is -2.35. The Morgan fingerprint density at radius 2 is 1.95 bits per heavy atom. The van der Waals surface area contributed by atoms with Crippen LogP contribution >= 0.6 is 0 Å². The van der Waals surface area contributed by atoms with Crippen LogP contribution in [-0.2, 0) is 11.3 Å². The summed E-state index contributed by atoms with van der Waals surface area (Å²) >= 11 is 0. The summed E-state index contributed by atoms with van der Waals surface area (Å²) in [5.41, 5.74) is 0.699. The highest BCUT2D eigenvalue weighted by molar-refractivity contribution is 5.78. The first kappa shape index (κ1) is 16.9. The molecule has 22 heavy (non-hydrogen) atoms. The Morgan fingerprint density at radius 3 is 2.59 bits per heavy atom. The highest BCUT2D eigenvalue weighted by Crippen LogP contribution is 2.12. The van der Waals surface area contributed by atoms with E-state index in [1.807, 2.05) is 22.9 Å². The standard InChI is InChI=1S/C16H24FN3O2/c1-18(10-11-21)13-16(22)20-8-6-19(7-9-20)12-14-4-2-3-5-15(14)17/h2-5,21H,6-13H2,1H3. The number of halogens is 1. The van der Waals surface area contributed by atoms with Crippen molar-refractivity contribution in [2.24, 2.45) is 0 Å². The monoisotopic (exact) mass is 309 g/mol. The van der Waals surface area contributed by atoms with Crippen LogP contribution in [0, 0.1) is 5.82 Å². The molecule has 1 saturated heterocycles. The smallest absolute Gasteiger partial charge is 0.236 e. The van der Waals surface area contributed by atoms with E-state index in [9.17, 15) is 9.18 Å². The minimum Gasteiger partial charge on any atom is -0.395 e. The van der Waals surface area contributed by atoms with Crippen molar-refractivity contribution in [1.29, 1.82) is 0 Å². The van der Waals surface area contributed by atoms with E-state index in [0.29, 0.717) is 38.3 Å². The molecule has 1 fully saturated rings. The molecule has 0 radical (unpaired) electrons. The van der Waals surface area contributed by atoms with Crippen molar-refractivity contribution in [3.05, 3.63) is 35.6 Å². The fourth-order valence-electron chi connectivity index (χ4n) is 2.60. The third kappa shape index (κ3) is 4.76. The molecule has 0 spiro atoms. The van der Waals surface area contributed by atoms with Crippen LogP contribution in [0.3, 0.4) is 0 Å². The minimum absolute atomic E-state index is 0.0558. The number of aliphatic hydroxyl groups is 1. The molecule has 1 aromatic carbocycles. The number of aliphatic hydroxyl groups excluding tert-OH is 1. The Kier molecular flexibility index (Phi) is 6.30. The van der Waals surface area contributed by atoms with E-state index in [4.69, 9.17) is 5.11 Å². The maximum absolute atomic E-state index is 13.6. The minimum atomic E-state index is -0.174. The lowest BCUT2D eigenvalue weighted by molar-refractivity contribution is -0.134. The highest BCUT2D eigenvalue weighted by Gasteiger charge is 2.22. The molecule has 0 saturated carbocycles. The van der Waals surface area contributed by atoms with Crippen molar-refractivity contribution in [3.8, 4) is 0 Å². The predicted molar refractivity (Wildman–Crippen MR) is 82.8 cm³/mol. The van der Waals surface area contributed by atoms with Crippen molar-refractivity contribution in [2.45, 2.75) is 6.54 Å². The van der Waals surface area contributed by atoms with Gasteiger partial charge in [-0.25, -0.2) is 4.39 Å². The molecule has 0 aromatic heterocycles. The number of carbonyl (C=O) groups excluding carboxylic acids is 1. The summed E-state index contributed by atoms with van der Waals surface area (Å²) in [6.07, 6.45) is 0. The molecule has 1 aromatic rings. The molecule has 6 heteroatoms. The van der Waals surface area contributed by atoms with E-state index >= 15 is 0 Å². The van der Waals surface area contributed by atoms with Gasteiger partial charge in [0, 0.05) is 44.8 Å². The van der Waals surface area contributed by atoms with Gasteiger partial charge in [-0.15, -0.1) is 0 Å². The average Bonchev–Trinajstić information content (AvgIpc) is 2.50. The molecule has 122 valence electrons. The van der Waals surface area contributed by atoms with E-state index in [2.05, 4.69) is 4.90 Å². The number of nitrogens with zero attached hydrogens (tertiary/aromatic N) is 3.